The number of piperidine rings is 2. The van der Waals surface area contributed by atoms with Crippen molar-refractivity contribution in [3.8, 4) is 0 Å². The van der Waals surface area contributed by atoms with Gasteiger partial charge in [0.25, 0.3) is 0 Å². The zero-order valence-corrected chi connectivity index (χ0v) is 16.4. The third kappa shape index (κ3) is 6.27. The quantitative estimate of drug-likeness (QED) is 0.660. The fourth-order valence-electron chi connectivity index (χ4n) is 3.85. The highest BCUT2D eigenvalue weighted by atomic mass is 19.1. The lowest BCUT2D eigenvalue weighted by Gasteiger charge is -2.40. The molecular formula is C20H39FN2O. The van der Waals surface area contributed by atoms with Crippen LogP contribution in [0.2, 0.25) is 0 Å². The topological polar surface area (TPSA) is 15.7 Å². The number of rotatable bonds is 8. The number of nitrogens with zero attached hydrogens (tertiary/aromatic N) is 2. The minimum absolute atomic E-state index is 0.175. The Morgan fingerprint density at radius 2 is 1.71 bits per heavy atom. The van der Waals surface area contributed by atoms with Crippen molar-refractivity contribution >= 4 is 0 Å². The van der Waals surface area contributed by atoms with Crippen molar-refractivity contribution in [3.63, 3.8) is 0 Å². The normalized spacial score (nSPS) is 28.4. The van der Waals surface area contributed by atoms with Crippen molar-refractivity contribution in [3.05, 3.63) is 0 Å². The van der Waals surface area contributed by atoms with Crippen molar-refractivity contribution in [1.82, 2.24) is 9.80 Å². The Kier molecular flexibility index (Phi) is 7.96. The first-order valence-corrected chi connectivity index (χ1v) is 10.2. The van der Waals surface area contributed by atoms with E-state index in [1.165, 1.54) is 19.3 Å². The van der Waals surface area contributed by atoms with E-state index in [1.54, 1.807) is 0 Å². The number of likely N-dealkylation sites (tertiary alicyclic amines) is 2. The van der Waals surface area contributed by atoms with E-state index in [-0.39, 0.29) is 12.2 Å². The van der Waals surface area contributed by atoms with Gasteiger partial charge < -0.3 is 14.5 Å². The van der Waals surface area contributed by atoms with Crippen molar-refractivity contribution in [2.45, 2.75) is 84.6 Å². The lowest BCUT2D eigenvalue weighted by molar-refractivity contribution is -0.0999. The molecule has 142 valence electrons. The first-order chi connectivity index (χ1) is 11.4. The van der Waals surface area contributed by atoms with Gasteiger partial charge in [0.1, 0.15) is 6.17 Å². The van der Waals surface area contributed by atoms with Gasteiger partial charge in [0, 0.05) is 32.7 Å². The SMILES string of the molecule is CCCCN1CCC(OC2CCN(CC(C)(C)CC)CC2)C(F)C1. The lowest BCUT2D eigenvalue weighted by Crippen LogP contribution is -2.48. The van der Waals surface area contributed by atoms with Gasteiger partial charge in [-0.25, -0.2) is 4.39 Å². The molecular weight excluding hydrogens is 303 g/mol. The van der Waals surface area contributed by atoms with Gasteiger partial charge in [-0.3, -0.25) is 0 Å². The fraction of sp³-hybridized carbons (Fsp3) is 1.00. The first kappa shape index (κ1) is 20.1. The van der Waals surface area contributed by atoms with Crippen molar-refractivity contribution < 1.29 is 9.13 Å². The standard InChI is InChI=1S/C20H39FN2O/c1-5-7-11-22-14-10-19(18(21)15-22)24-17-8-12-23(13-9-17)16-20(3,4)6-2/h17-19H,5-16H2,1-4H3. The minimum Gasteiger partial charge on any atom is -0.372 e. The molecule has 4 heteroatoms. The Morgan fingerprint density at radius 3 is 2.29 bits per heavy atom. The fourth-order valence-corrected chi connectivity index (χ4v) is 3.85. The number of hydrogen-bond acceptors (Lipinski definition) is 3. The van der Waals surface area contributed by atoms with E-state index in [9.17, 15) is 4.39 Å². The molecule has 2 unspecified atom stereocenters. The van der Waals surface area contributed by atoms with Crippen LogP contribution in [0.15, 0.2) is 0 Å². The highest BCUT2D eigenvalue weighted by molar-refractivity contribution is 4.84. The van der Waals surface area contributed by atoms with E-state index in [0.717, 1.165) is 52.0 Å². The third-order valence-electron chi connectivity index (χ3n) is 5.90. The van der Waals surface area contributed by atoms with E-state index in [0.29, 0.717) is 12.0 Å². The third-order valence-corrected chi connectivity index (χ3v) is 5.90. The summed E-state index contributed by atoms with van der Waals surface area (Å²) in [4.78, 5) is 4.83. The minimum atomic E-state index is -0.812. The van der Waals surface area contributed by atoms with Crippen molar-refractivity contribution in [1.29, 1.82) is 0 Å². The molecule has 2 atom stereocenters. The molecule has 0 aromatic carbocycles. The molecule has 0 radical (unpaired) electrons. The van der Waals surface area contributed by atoms with Gasteiger partial charge in [-0.1, -0.05) is 34.1 Å². The summed E-state index contributed by atoms with van der Waals surface area (Å²) in [7, 11) is 0. The molecule has 24 heavy (non-hydrogen) atoms. The van der Waals surface area contributed by atoms with E-state index in [4.69, 9.17) is 4.74 Å². The average molecular weight is 343 g/mol. The summed E-state index contributed by atoms with van der Waals surface area (Å²) >= 11 is 0. The molecule has 2 rings (SSSR count). The summed E-state index contributed by atoms with van der Waals surface area (Å²) in [6, 6.07) is 0. The molecule has 2 aliphatic heterocycles. The van der Waals surface area contributed by atoms with Gasteiger partial charge in [-0.15, -0.1) is 0 Å². The Balaban J connectivity index is 1.69. The Hall–Kier alpha value is -0.190. The zero-order chi connectivity index (χ0) is 17.6. The van der Waals surface area contributed by atoms with Crippen LogP contribution < -0.4 is 0 Å². The molecule has 2 fully saturated rings. The van der Waals surface area contributed by atoms with Crippen LogP contribution in [0.3, 0.4) is 0 Å². The van der Waals surface area contributed by atoms with Gasteiger partial charge in [0.15, 0.2) is 0 Å². The molecule has 0 N–H and O–H groups in total. The molecule has 0 spiro atoms. The van der Waals surface area contributed by atoms with E-state index < -0.39 is 6.17 Å². The largest absolute Gasteiger partial charge is 0.372 e. The molecule has 2 saturated heterocycles. The number of halogens is 1. The van der Waals surface area contributed by atoms with Crippen LogP contribution in [-0.2, 0) is 4.74 Å². The molecule has 0 amide bonds. The first-order valence-electron chi connectivity index (χ1n) is 10.2. The van der Waals surface area contributed by atoms with Gasteiger partial charge in [-0.2, -0.15) is 0 Å². The number of ether oxygens (including phenoxy) is 1. The highest BCUT2D eigenvalue weighted by Gasteiger charge is 2.33. The molecule has 0 aromatic heterocycles. The van der Waals surface area contributed by atoms with Crippen molar-refractivity contribution in [2.24, 2.45) is 5.41 Å². The van der Waals surface area contributed by atoms with Crippen LogP contribution in [0.1, 0.15) is 66.2 Å². The number of alkyl halides is 1. The molecule has 3 nitrogen and oxygen atoms in total. The predicted octanol–water partition coefficient (Wildman–Crippen LogP) is 4.12. The second-order valence-electron chi connectivity index (χ2n) is 8.63. The van der Waals surface area contributed by atoms with Crippen LogP contribution in [0.4, 0.5) is 4.39 Å². The van der Waals surface area contributed by atoms with E-state index in [1.807, 2.05) is 0 Å². The smallest absolute Gasteiger partial charge is 0.139 e. The molecule has 0 saturated carbocycles. The maximum Gasteiger partial charge on any atom is 0.139 e. The molecule has 2 heterocycles. The summed E-state index contributed by atoms with van der Waals surface area (Å²) in [6.07, 6.45) is 5.81. The summed E-state index contributed by atoms with van der Waals surface area (Å²) < 4.78 is 20.6. The zero-order valence-electron chi connectivity index (χ0n) is 16.4. The maximum absolute atomic E-state index is 14.4. The molecule has 0 bridgehead atoms. The van der Waals surface area contributed by atoms with Crippen LogP contribution in [0, 0.1) is 5.41 Å². The summed E-state index contributed by atoms with van der Waals surface area (Å²) in [5.74, 6) is 0. The maximum atomic E-state index is 14.4. The summed E-state index contributed by atoms with van der Waals surface area (Å²) in [5, 5.41) is 0. The Labute approximate surface area is 148 Å². The second kappa shape index (κ2) is 9.49. The predicted molar refractivity (Wildman–Crippen MR) is 99.3 cm³/mol. The van der Waals surface area contributed by atoms with Crippen LogP contribution in [-0.4, -0.2) is 67.4 Å². The van der Waals surface area contributed by atoms with E-state index >= 15 is 0 Å². The molecule has 0 aliphatic carbocycles. The molecule has 2 aliphatic rings. The van der Waals surface area contributed by atoms with Crippen LogP contribution >= 0.6 is 0 Å². The van der Waals surface area contributed by atoms with Crippen molar-refractivity contribution in [2.75, 3.05) is 39.3 Å². The van der Waals surface area contributed by atoms with Gasteiger partial charge in [-0.05, 0) is 44.1 Å². The van der Waals surface area contributed by atoms with E-state index in [2.05, 4.69) is 37.5 Å². The highest BCUT2D eigenvalue weighted by Crippen LogP contribution is 2.26. The Morgan fingerprint density at radius 1 is 1.04 bits per heavy atom. The number of hydrogen-bond donors (Lipinski definition) is 0. The summed E-state index contributed by atoms with van der Waals surface area (Å²) in [5.41, 5.74) is 0.392. The van der Waals surface area contributed by atoms with Gasteiger partial charge >= 0.3 is 0 Å². The Bertz CT molecular complexity index is 356. The van der Waals surface area contributed by atoms with Crippen LogP contribution in [0.5, 0.6) is 0 Å². The monoisotopic (exact) mass is 342 g/mol. The van der Waals surface area contributed by atoms with Crippen LogP contribution in [0.25, 0.3) is 0 Å². The van der Waals surface area contributed by atoms with Gasteiger partial charge in [0.05, 0.1) is 12.2 Å². The molecule has 0 aromatic rings. The number of unbranched alkanes of at least 4 members (excludes halogenated alkanes) is 1. The lowest BCUT2D eigenvalue weighted by atomic mass is 9.89. The average Bonchev–Trinajstić information content (AvgIpc) is 2.56. The van der Waals surface area contributed by atoms with Gasteiger partial charge in [0.2, 0.25) is 0 Å². The summed E-state index contributed by atoms with van der Waals surface area (Å²) in [6.45, 7) is 15.1. The second-order valence-corrected chi connectivity index (χ2v) is 8.63.